The van der Waals surface area contributed by atoms with Gasteiger partial charge in [0.25, 0.3) is 0 Å². The van der Waals surface area contributed by atoms with Crippen LogP contribution in [0.25, 0.3) is 0 Å². The second-order valence-electron chi connectivity index (χ2n) is 3.15. The average molecular weight is 318 g/mol. The maximum absolute atomic E-state index is 5.65. The molecular formula is C13H21Cl2N5. The minimum atomic E-state index is 0. The summed E-state index contributed by atoms with van der Waals surface area (Å²) in [5, 5.41) is 0.903. The molecule has 0 fully saturated rings. The number of rotatable bonds is 2. The maximum atomic E-state index is 5.65. The highest BCUT2D eigenvalue weighted by atomic mass is 35.5. The zero-order valence-electron chi connectivity index (χ0n) is 9.85. The van der Waals surface area contributed by atoms with Crippen molar-refractivity contribution in [1.82, 2.24) is 19.9 Å². The fraction of sp³-hybridized carbons (Fsp3) is 0.385. The number of hydrogen-bond acceptors (Lipinski definition) is 5. The standard InChI is InChI=1S/C6H7ClN2.C5H6ClN3.2CH4/c1-2-5-6(7)9-4-3-8-5;6-5-4(3-7)8-1-2-9-5;;/h3-4H,2H2,1H3;1-2H,3,7H2;2*1H4. The van der Waals surface area contributed by atoms with Crippen molar-refractivity contribution in [2.45, 2.75) is 34.7 Å². The molecule has 2 rings (SSSR count). The molecule has 2 N–H and O–H groups in total. The summed E-state index contributed by atoms with van der Waals surface area (Å²) >= 11 is 11.2. The molecule has 0 aliphatic carbocycles. The summed E-state index contributed by atoms with van der Waals surface area (Å²) in [4.78, 5) is 15.5. The molecule has 0 aromatic carbocycles. The van der Waals surface area contributed by atoms with Gasteiger partial charge in [-0.3, -0.25) is 9.97 Å². The van der Waals surface area contributed by atoms with Gasteiger partial charge < -0.3 is 5.73 Å². The molecule has 7 heteroatoms. The first-order valence-corrected chi connectivity index (χ1v) is 6.05. The van der Waals surface area contributed by atoms with E-state index in [9.17, 15) is 0 Å². The molecule has 0 unspecified atom stereocenters. The minimum Gasteiger partial charge on any atom is -0.325 e. The molecule has 5 nitrogen and oxygen atoms in total. The molecule has 0 aliphatic rings. The molecule has 2 aromatic heterocycles. The Balaban J connectivity index is 0. The van der Waals surface area contributed by atoms with Crippen molar-refractivity contribution < 1.29 is 0 Å². The predicted octanol–water partition coefficient (Wildman–Crippen LogP) is 3.55. The quantitative estimate of drug-likeness (QED) is 0.916. The van der Waals surface area contributed by atoms with Crippen molar-refractivity contribution in [3.8, 4) is 0 Å². The highest BCUT2D eigenvalue weighted by molar-refractivity contribution is 6.30. The van der Waals surface area contributed by atoms with Gasteiger partial charge in [0.2, 0.25) is 0 Å². The van der Waals surface area contributed by atoms with E-state index in [-0.39, 0.29) is 14.9 Å². The highest BCUT2D eigenvalue weighted by Crippen LogP contribution is 2.07. The lowest BCUT2D eigenvalue weighted by molar-refractivity contribution is 0.964. The number of nitrogens with zero attached hydrogens (tertiary/aromatic N) is 4. The Morgan fingerprint density at radius 1 is 0.850 bits per heavy atom. The molecule has 0 saturated carbocycles. The fourth-order valence-corrected chi connectivity index (χ4v) is 1.49. The van der Waals surface area contributed by atoms with Crippen molar-refractivity contribution in [1.29, 1.82) is 0 Å². The zero-order chi connectivity index (χ0) is 13.4. The van der Waals surface area contributed by atoms with E-state index >= 15 is 0 Å². The SMILES string of the molecule is C.C.CCc1nccnc1Cl.NCc1nccnc1Cl. The van der Waals surface area contributed by atoms with Crippen LogP contribution in [0.5, 0.6) is 0 Å². The summed E-state index contributed by atoms with van der Waals surface area (Å²) in [5.74, 6) is 0. The van der Waals surface area contributed by atoms with Crippen LogP contribution in [0.4, 0.5) is 0 Å². The molecule has 0 bridgehead atoms. The summed E-state index contributed by atoms with van der Waals surface area (Å²) in [6.45, 7) is 2.34. The molecule has 0 amide bonds. The summed E-state index contributed by atoms with van der Waals surface area (Å²) in [5.41, 5.74) is 6.76. The molecule has 112 valence electrons. The number of aromatic nitrogens is 4. The van der Waals surface area contributed by atoms with Crippen LogP contribution < -0.4 is 5.73 Å². The highest BCUT2D eigenvalue weighted by Gasteiger charge is 1.96. The van der Waals surface area contributed by atoms with Gasteiger partial charge in [-0.05, 0) is 6.42 Å². The Morgan fingerprint density at radius 3 is 1.50 bits per heavy atom. The van der Waals surface area contributed by atoms with Gasteiger partial charge in [-0.15, -0.1) is 0 Å². The van der Waals surface area contributed by atoms with Crippen LogP contribution >= 0.6 is 23.2 Å². The molecule has 0 atom stereocenters. The molecule has 0 aliphatic heterocycles. The van der Waals surface area contributed by atoms with Gasteiger partial charge >= 0.3 is 0 Å². The van der Waals surface area contributed by atoms with Crippen LogP contribution in [-0.4, -0.2) is 19.9 Å². The van der Waals surface area contributed by atoms with Gasteiger partial charge in [0.1, 0.15) is 5.15 Å². The van der Waals surface area contributed by atoms with E-state index in [1.807, 2.05) is 6.92 Å². The Hall–Kier alpha value is -1.30. The average Bonchev–Trinajstić information content (AvgIpc) is 2.41. The first kappa shape index (κ1) is 21.0. The topological polar surface area (TPSA) is 77.6 Å². The van der Waals surface area contributed by atoms with E-state index in [1.165, 1.54) is 6.20 Å². The third-order valence-corrected chi connectivity index (χ3v) is 2.61. The Bertz CT molecular complexity index is 448. The maximum Gasteiger partial charge on any atom is 0.151 e. The lowest BCUT2D eigenvalue weighted by atomic mass is 10.4. The van der Waals surface area contributed by atoms with Crippen LogP contribution in [0.3, 0.4) is 0 Å². The monoisotopic (exact) mass is 317 g/mol. The van der Waals surface area contributed by atoms with Crippen LogP contribution in [0.2, 0.25) is 10.3 Å². The molecule has 20 heavy (non-hydrogen) atoms. The van der Waals surface area contributed by atoms with Gasteiger partial charge in [-0.25, -0.2) is 9.97 Å². The van der Waals surface area contributed by atoms with E-state index in [0.29, 0.717) is 22.5 Å². The predicted molar refractivity (Wildman–Crippen MR) is 84.8 cm³/mol. The van der Waals surface area contributed by atoms with Crippen molar-refractivity contribution >= 4 is 23.2 Å². The molecule has 0 saturated heterocycles. The Morgan fingerprint density at radius 2 is 1.25 bits per heavy atom. The van der Waals surface area contributed by atoms with Crippen LogP contribution in [-0.2, 0) is 13.0 Å². The first-order valence-electron chi connectivity index (χ1n) is 5.29. The smallest absolute Gasteiger partial charge is 0.151 e. The minimum absolute atomic E-state index is 0. The van der Waals surface area contributed by atoms with Gasteiger partial charge in [-0.2, -0.15) is 0 Å². The summed E-state index contributed by atoms with van der Waals surface area (Å²) in [7, 11) is 0. The van der Waals surface area contributed by atoms with Crippen molar-refractivity contribution in [3.63, 3.8) is 0 Å². The molecule has 0 spiro atoms. The first-order chi connectivity index (χ1) is 8.69. The van der Waals surface area contributed by atoms with Crippen molar-refractivity contribution in [2.24, 2.45) is 5.73 Å². The normalized spacial score (nSPS) is 8.60. The summed E-state index contributed by atoms with van der Waals surface area (Å²) in [6, 6.07) is 0. The Labute approximate surface area is 130 Å². The lowest BCUT2D eigenvalue weighted by Gasteiger charge is -1.94. The summed E-state index contributed by atoms with van der Waals surface area (Å²) < 4.78 is 0. The third kappa shape index (κ3) is 6.75. The fourth-order valence-electron chi connectivity index (χ4n) is 1.07. The second kappa shape index (κ2) is 11.5. The number of aryl methyl sites for hydroxylation is 1. The molecule has 0 radical (unpaired) electrons. The molecule has 2 aromatic rings. The van der Waals surface area contributed by atoms with E-state index in [2.05, 4.69) is 19.9 Å². The van der Waals surface area contributed by atoms with Crippen molar-refractivity contribution in [2.75, 3.05) is 0 Å². The van der Waals surface area contributed by atoms with Crippen molar-refractivity contribution in [3.05, 3.63) is 46.5 Å². The Kier molecular flexibility index (Phi) is 12.1. The lowest BCUT2D eigenvalue weighted by Crippen LogP contribution is -2.00. The van der Waals surface area contributed by atoms with Gasteiger partial charge in [-0.1, -0.05) is 45.0 Å². The van der Waals surface area contributed by atoms with E-state index in [4.69, 9.17) is 28.9 Å². The van der Waals surface area contributed by atoms with Gasteiger partial charge in [0.05, 0.1) is 11.4 Å². The van der Waals surface area contributed by atoms with Crippen LogP contribution in [0, 0.1) is 0 Å². The van der Waals surface area contributed by atoms with Crippen LogP contribution in [0.1, 0.15) is 33.2 Å². The number of halogens is 2. The second-order valence-corrected chi connectivity index (χ2v) is 3.86. The molecular weight excluding hydrogens is 297 g/mol. The van der Waals surface area contributed by atoms with Gasteiger partial charge in [0, 0.05) is 31.3 Å². The van der Waals surface area contributed by atoms with E-state index in [1.54, 1.807) is 18.6 Å². The molecule has 2 heterocycles. The zero-order valence-corrected chi connectivity index (χ0v) is 11.4. The number of nitrogens with two attached hydrogens (primary N) is 1. The van der Waals surface area contributed by atoms with E-state index in [0.717, 1.165) is 12.1 Å². The van der Waals surface area contributed by atoms with E-state index < -0.39 is 0 Å². The summed E-state index contributed by atoms with van der Waals surface area (Å²) in [6.07, 6.45) is 7.16. The third-order valence-electron chi connectivity index (χ3n) is 1.97. The van der Waals surface area contributed by atoms with Crippen LogP contribution in [0.15, 0.2) is 24.8 Å². The van der Waals surface area contributed by atoms with Gasteiger partial charge in [0.15, 0.2) is 5.15 Å². The number of hydrogen-bond donors (Lipinski definition) is 1. The largest absolute Gasteiger partial charge is 0.325 e.